The highest BCUT2D eigenvalue weighted by atomic mass is 31.2. The maximum absolute atomic E-state index is 14.5. The van der Waals surface area contributed by atoms with Gasteiger partial charge < -0.3 is 49.7 Å². The molecular formula is C40H52N12O12P2. The molecule has 66 heavy (non-hydrogen) atoms. The number of benzene rings is 2. The van der Waals surface area contributed by atoms with Gasteiger partial charge in [0.05, 0.1) is 45.7 Å². The summed E-state index contributed by atoms with van der Waals surface area (Å²) >= 11 is 0. The molecule has 2 aliphatic heterocycles. The average Bonchev–Trinajstić information content (AvgIpc) is 4.08. The Hall–Kier alpha value is -5.52. The van der Waals surface area contributed by atoms with Crippen molar-refractivity contribution in [1.82, 2.24) is 49.2 Å². The number of nitrogen functional groups attached to an aromatic ring is 2. The number of nitrogens with two attached hydrogens (primary N) is 2. The van der Waals surface area contributed by atoms with E-state index in [0.717, 1.165) is 6.42 Å². The number of fused-ring (bicyclic) bond motifs is 2. The van der Waals surface area contributed by atoms with Gasteiger partial charge in [-0.25, -0.2) is 29.3 Å². The van der Waals surface area contributed by atoms with Gasteiger partial charge in [0.1, 0.15) is 35.5 Å². The second-order valence-electron chi connectivity index (χ2n) is 15.5. The number of anilines is 2. The first-order chi connectivity index (χ1) is 31.7. The Balaban J connectivity index is 0.940. The molecule has 2 aliphatic rings. The first-order valence-electron chi connectivity index (χ1n) is 21.1. The molecule has 6 heterocycles. The van der Waals surface area contributed by atoms with Gasteiger partial charge in [-0.15, -0.1) is 0 Å². The second-order valence-corrected chi connectivity index (χ2v) is 19.0. The van der Waals surface area contributed by atoms with E-state index in [1.807, 2.05) is 13.8 Å². The lowest BCUT2D eigenvalue weighted by atomic mass is 9.96. The zero-order valence-corrected chi connectivity index (χ0v) is 38.2. The molecule has 2 fully saturated rings. The summed E-state index contributed by atoms with van der Waals surface area (Å²) in [6.45, 7) is 4.67. The maximum Gasteiger partial charge on any atom is 0.458 e. The highest BCUT2D eigenvalue weighted by Gasteiger charge is 2.54. The minimum absolute atomic E-state index is 0.00431. The highest BCUT2D eigenvalue weighted by molar-refractivity contribution is 7.52. The van der Waals surface area contributed by atoms with Crippen molar-refractivity contribution in [3.05, 3.63) is 73.3 Å². The molecule has 8 rings (SSSR count). The molecule has 26 heteroatoms. The Kier molecular flexibility index (Phi) is 14.1. The Morgan fingerprint density at radius 3 is 1.92 bits per heavy atom. The number of rotatable bonds is 21. The normalized spacial score (nSPS) is 24.9. The van der Waals surface area contributed by atoms with Crippen LogP contribution in [0.4, 0.5) is 11.9 Å². The van der Waals surface area contributed by atoms with E-state index in [4.69, 9.17) is 48.5 Å². The van der Waals surface area contributed by atoms with E-state index in [-0.39, 0.29) is 71.9 Å². The Bertz CT molecular complexity index is 2700. The quantitative estimate of drug-likeness (QED) is 0.0436. The van der Waals surface area contributed by atoms with Gasteiger partial charge in [-0.1, -0.05) is 43.3 Å². The van der Waals surface area contributed by atoms with Gasteiger partial charge in [-0.05, 0) is 51.0 Å². The largest absolute Gasteiger partial charge is 0.479 e. The van der Waals surface area contributed by atoms with Crippen molar-refractivity contribution in [3.63, 3.8) is 0 Å². The Morgan fingerprint density at radius 2 is 1.35 bits per heavy atom. The SMILES string of the molecule is CCOc1nc(N)nc2c1ncn2[C@@H]1O[C@H](COP(=O)(NCCNP(=O)(OC[C@H]2O[C@@H](n3cnc4c(OC)nc(N)nc43)[C@](C)(O)[C@@H]2O)Oc2ccccc2)Oc2ccccc2)CC1CC. The number of aromatic nitrogens is 8. The molecule has 24 nitrogen and oxygen atoms in total. The number of hydrogen-bond donors (Lipinski definition) is 6. The number of hydrogen-bond acceptors (Lipinski definition) is 20. The lowest BCUT2D eigenvalue weighted by Crippen LogP contribution is -2.44. The predicted octanol–water partition coefficient (Wildman–Crippen LogP) is 4.15. The first kappa shape index (κ1) is 47.0. The minimum atomic E-state index is -4.31. The van der Waals surface area contributed by atoms with Crippen molar-refractivity contribution in [3.8, 4) is 23.3 Å². The fraction of sp³-hybridized carbons (Fsp3) is 0.450. The summed E-state index contributed by atoms with van der Waals surface area (Å²) in [5.74, 6) is 0.764. The molecule has 6 aromatic rings. The number of para-hydroxylation sites is 2. The van der Waals surface area contributed by atoms with Gasteiger partial charge in [-0.3, -0.25) is 18.2 Å². The van der Waals surface area contributed by atoms with Gasteiger partial charge in [0.15, 0.2) is 28.6 Å². The van der Waals surface area contributed by atoms with Crippen molar-refractivity contribution in [2.75, 3.05) is 51.5 Å². The standard InChI is InChI=1S/C40H52N12O12P2/c1-5-24-19-27(61-36(24)51-22-43-30-32(51)47-39(42)50-35(30)58-6-2)20-59-65(55,63-25-13-9-7-10-14-25)45-17-18-46-66(56,64-26-15-11-8-12-16-26)60-21-28-31(53)40(3,54)37(62-28)52-23-44-29-33(52)48-38(41)49-34(29)57-4/h7-16,22-24,27-28,31,36-37,53-54H,5-6,17-21H2,1-4H3,(H,45,55)(H,46,56)(H2,41,48,49)(H2,42,47,50)/t24?,27-,28+,31+,36+,37+,40+,65?,66?/m0/s1. The average molecular weight is 955 g/mol. The predicted molar refractivity (Wildman–Crippen MR) is 237 cm³/mol. The fourth-order valence-electron chi connectivity index (χ4n) is 7.70. The lowest BCUT2D eigenvalue weighted by Gasteiger charge is -2.27. The number of aliphatic hydroxyl groups excluding tert-OH is 1. The molecule has 2 aromatic carbocycles. The molecular weight excluding hydrogens is 902 g/mol. The molecule has 9 atom stereocenters. The van der Waals surface area contributed by atoms with Crippen LogP contribution in [-0.2, 0) is 27.7 Å². The van der Waals surface area contributed by atoms with Crippen molar-refractivity contribution in [1.29, 1.82) is 0 Å². The van der Waals surface area contributed by atoms with Gasteiger partial charge in [-0.2, -0.15) is 19.9 Å². The van der Waals surface area contributed by atoms with Crippen LogP contribution in [0.2, 0.25) is 0 Å². The Morgan fingerprint density at radius 1 is 0.803 bits per heavy atom. The van der Waals surface area contributed by atoms with Crippen LogP contribution in [0, 0.1) is 5.92 Å². The second kappa shape index (κ2) is 19.8. The van der Waals surface area contributed by atoms with E-state index in [9.17, 15) is 19.3 Å². The molecule has 0 aliphatic carbocycles. The van der Waals surface area contributed by atoms with E-state index in [1.165, 1.54) is 24.9 Å². The Labute approximate surface area is 378 Å². The van der Waals surface area contributed by atoms with Crippen LogP contribution in [0.1, 0.15) is 46.1 Å². The third-order valence-corrected chi connectivity index (χ3v) is 14.0. The fourth-order valence-corrected chi connectivity index (χ4v) is 10.4. The van der Waals surface area contributed by atoms with Crippen LogP contribution >= 0.6 is 15.5 Å². The van der Waals surface area contributed by atoms with Crippen LogP contribution in [0.25, 0.3) is 22.3 Å². The summed E-state index contributed by atoms with van der Waals surface area (Å²) in [6.07, 6.45) is -0.823. The van der Waals surface area contributed by atoms with Crippen molar-refractivity contribution >= 4 is 49.7 Å². The molecule has 354 valence electrons. The minimum Gasteiger partial charge on any atom is -0.479 e. The number of imidazole rings is 2. The summed E-state index contributed by atoms with van der Waals surface area (Å²) in [5, 5.41) is 28.5. The van der Waals surface area contributed by atoms with Crippen molar-refractivity contribution in [2.24, 2.45) is 5.92 Å². The van der Waals surface area contributed by atoms with Gasteiger partial charge in [0, 0.05) is 19.0 Å². The third-order valence-electron chi connectivity index (χ3n) is 10.9. The van der Waals surface area contributed by atoms with E-state index >= 15 is 0 Å². The molecule has 0 radical (unpaired) electrons. The van der Waals surface area contributed by atoms with Gasteiger partial charge >= 0.3 is 15.5 Å². The zero-order valence-electron chi connectivity index (χ0n) is 36.4. The van der Waals surface area contributed by atoms with Crippen LogP contribution in [-0.4, -0.2) is 113 Å². The first-order valence-corrected chi connectivity index (χ1v) is 24.2. The van der Waals surface area contributed by atoms with Crippen LogP contribution < -0.4 is 40.2 Å². The van der Waals surface area contributed by atoms with Crippen LogP contribution in [0.15, 0.2) is 73.3 Å². The van der Waals surface area contributed by atoms with E-state index in [0.29, 0.717) is 24.2 Å². The van der Waals surface area contributed by atoms with E-state index < -0.39 is 58.5 Å². The lowest BCUT2D eigenvalue weighted by molar-refractivity contribution is -0.0948. The topological polar surface area (TPSA) is 312 Å². The molecule has 4 aromatic heterocycles. The third kappa shape index (κ3) is 10.1. The summed E-state index contributed by atoms with van der Waals surface area (Å²) in [6, 6.07) is 16.8. The molecule has 3 unspecified atom stereocenters. The molecule has 0 bridgehead atoms. The highest BCUT2D eigenvalue weighted by Crippen LogP contribution is 2.49. The van der Waals surface area contributed by atoms with Crippen molar-refractivity contribution in [2.45, 2.75) is 70.0 Å². The van der Waals surface area contributed by atoms with E-state index in [2.05, 4.69) is 40.1 Å². The molecule has 0 saturated carbocycles. The molecule has 0 spiro atoms. The molecule has 0 amide bonds. The summed E-state index contributed by atoms with van der Waals surface area (Å²) in [5.41, 5.74) is 11.3. The monoisotopic (exact) mass is 954 g/mol. The number of aliphatic hydroxyl groups is 2. The van der Waals surface area contributed by atoms with Gasteiger partial charge in [0.2, 0.25) is 23.7 Å². The molecule has 8 N–H and O–H groups in total. The van der Waals surface area contributed by atoms with Gasteiger partial charge in [0.25, 0.3) is 0 Å². The summed E-state index contributed by atoms with van der Waals surface area (Å²) in [4.78, 5) is 25.6. The summed E-state index contributed by atoms with van der Waals surface area (Å²) < 4.78 is 79.3. The van der Waals surface area contributed by atoms with Crippen molar-refractivity contribution < 1.29 is 56.4 Å². The number of methoxy groups -OCH3 is 1. The smallest absolute Gasteiger partial charge is 0.458 e. The van der Waals surface area contributed by atoms with E-state index in [1.54, 1.807) is 71.6 Å². The van der Waals surface area contributed by atoms with Crippen LogP contribution in [0.3, 0.4) is 0 Å². The maximum atomic E-state index is 14.5. The summed E-state index contributed by atoms with van der Waals surface area (Å²) in [7, 11) is -7.06. The zero-order chi connectivity index (χ0) is 46.6. The number of ether oxygens (including phenoxy) is 4. The van der Waals surface area contributed by atoms with Crippen LogP contribution in [0.5, 0.6) is 23.3 Å². The number of nitrogens with zero attached hydrogens (tertiary/aromatic N) is 8. The molecule has 2 saturated heterocycles. The number of nitrogens with one attached hydrogen (secondary N) is 2.